The topological polar surface area (TPSA) is 41.6 Å². The van der Waals surface area contributed by atoms with Crippen LogP contribution in [0.3, 0.4) is 0 Å². The molecule has 1 aliphatic heterocycles. The van der Waals surface area contributed by atoms with E-state index in [2.05, 4.69) is 30.5 Å². The predicted molar refractivity (Wildman–Crippen MR) is 94.5 cm³/mol. The Hall–Kier alpha value is -1.81. The summed E-state index contributed by atoms with van der Waals surface area (Å²) in [5.41, 5.74) is 1.09. The summed E-state index contributed by atoms with van der Waals surface area (Å²) in [5.74, 6) is 1.62. The van der Waals surface area contributed by atoms with E-state index in [4.69, 9.17) is 4.74 Å². The van der Waals surface area contributed by atoms with Gasteiger partial charge in [0.1, 0.15) is 5.75 Å². The van der Waals surface area contributed by atoms with Gasteiger partial charge in [0.25, 0.3) is 0 Å². The van der Waals surface area contributed by atoms with E-state index in [1.807, 2.05) is 23.1 Å². The van der Waals surface area contributed by atoms with Gasteiger partial charge in [0.15, 0.2) is 0 Å². The molecule has 2 rings (SSSR count). The lowest BCUT2D eigenvalue weighted by atomic mass is 9.90. The first-order valence-electron chi connectivity index (χ1n) is 8.44. The maximum Gasteiger partial charge on any atom is 0.219 e. The third-order valence-electron chi connectivity index (χ3n) is 4.64. The monoisotopic (exact) mass is 316 g/mol. The Bertz CT molecular complexity index is 542. The number of hydrogen-bond acceptors (Lipinski definition) is 3. The molecule has 1 aliphatic rings. The summed E-state index contributed by atoms with van der Waals surface area (Å²) in [6, 6.07) is 8.49. The molecule has 1 amide bonds. The molecule has 0 spiro atoms. The van der Waals surface area contributed by atoms with E-state index in [1.165, 1.54) is 0 Å². The lowest BCUT2D eigenvalue weighted by molar-refractivity contribution is -0.131. The number of carbonyl (C=O) groups excluding carboxylic acids is 1. The zero-order chi connectivity index (χ0) is 16.7. The number of para-hydroxylation sites is 1. The van der Waals surface area contributed by atoms with Crippen LogP contribution in [-0.2, 0) is 4.79 Å². The van der Waals surface area contributed by atoms with E-state index in [0.29, 0.717) is 12.0 Å². The fourth-order valence-corrected chi connectivity index (χ4v) is 3.21. The van der Waals surface area contributed by atoms with Gasteiger partial charge in [0.05, 0.1) is 7.11 Å². The largest absolute Gasteiger partial charge is 0.496 e. The van der Waals surface area contributed by atoms with E-state index in [0.717, 1.165) is 43.8 Å². The molecular weight excluding hydrogens is 288 g/mol. The molecule has 1 fully saturated rings. The molecule has 0 radical (unpaired) electrons. The number of ether oxygens (including phenoxy) is 1. The molecule has 0 aromatic heterocycles. The van der Waals surface area contributed by atoms with Crippen molar-refractivity contribution in [3.8, 4) is 5.75 Å². The number of hydrogen-bond donors (Lipinski definition) is 1. The fraction of sp³-hybridized carbons (Fsp3) is 0.526. The Morgan fingerprint density at radius 2 is 2.22 bits per heavy atom. The number of rotatable bonds is 6. The zero-order valence-electron chi connectivity index (χ0n) is 14.4. The number of likely N-dealkylation sites (tertiary alicyclic amines) is 1. The summed E-state index contributed by atoms with van der Waals surface area (Å²) in [5, 5.41) is 3.62. The molecule has 0 saturated carbocycles. The summed E-state index contributed by atoms with van der Waals surface area (Å²) < 4.78 is 5.35. The first-order chi connectivity index (χ1) is 11.2. The van der Waals surface area contributed by atoms with Gasteiger partial charge in [0.2, 0.25) is 5.91 Å². The predicted octanol–water partition coefficient (Wildman–Crippen LogP) is 2.95. The average Bonchev–Trinajstić information content (AvgIpc) is 2.58. The lowest BCUT2D eigenvalue weighted by Gasteiger charge is -2.38. The Kier molecular flexibility index (Phi) is 6.66. The molecule has 4 heteroatoms. The van der Waals surface area contributed by atoms with Crippen molar-refractivity contribution in [2.45, 2.75) is 32.7 Å². The highest BCUT2D eigenvalue weighted by atomic mass is 16.5. The Labute approximate surface area is 139 Å². The van der Waals surface area contributed by atoms with E-state index >= 15 is 0 Å². The SMILES string of the molecule is CCC1CN(C(C)=O)CCC1NCC=Cc1ccccc1OC. The van der Waals surface area contributed by atoms with Crippen LogP contribution < -0.4 is 10.1 Å². The first kappa shape index (κ1) is 17.5. The summed E-state index contributed by atoms with van der Waals surface area (Å²) in [4.78, 5) is 13.5. The Balaban J connectivity index is 1.86. The highest BCUT2D eigenvalue weighted by Gasteiger charge is 2.28. The van der Waals surface area contributed by atoms with E-state index < -0.39 is 0 Å². The Morgan fingerprint density at radius 3 is 2.91 bits per heavy atom. The molecular formula is C19H28N2O2. The minimum Gasteiger partial charge on any atom is -0.496 e. The fourth-order valence-electron chi connectivity index (χ4n) is 3.21. The minimum absolute atomic E-state index is 0.193. The summed E-state index contributed by atoms with van der Waals surface area (Å²) in [6.07, 6.45) is 6.36. The van der Waals surface area contributed by atoms with E-state index in [9.17, 15) is 4.79 Å². The van der Waals surface area contributed by atoms with Gasteiger partial charge in [0, 0.05) is 38.2 Å². The van der Waals surface area contributed by atoms with Crippen LogP contribution in [0.4, 0.5) is 0 Å². The van der Waals surface area contributed by atoms with Gasteiger partial charge in [-0.25, -0.2) is 0 Å². The van der Waals surface area contributed by atoms with Crippen LogP contribution in [0.1, 0.15) is 32.3 Å². The van der Waals surface area contributed by atoms with Crippen molar-refractivity contribution in [1.82, 2.24) is 10.2 Å². The van der Waals surface area contributed by atoms with Crippen molar-refractivity contribution < 1.29 is 9.53 Å². The quantitative estimate of drug-likeness (QED) is 0.877. The van der Waals surface area contributed by atoms with Crippen LogP contribution in [-0.4, -0.2) is 43.6 Å². The maximum absolute atomic E-state index is 11.5. The van der Waals surface area contributed by atoms with Gasteiger partial charge in [-0.3, -0.25) is 4.79 Å². The molecule has 0 aliphatic carbocycles. The smallest absolute Gasteiger partial charge is 0.219 e. The van der Waals surface area contributed by atoms with Crippen LogP contribution in [0.25, 0.3) is 6.08 Å². The van der Waals surface area contributed by atoms with Crippen LogP contribution in [0.5, 0.6) is 5.75 Å². The number of amides is 1. The van der Waals surface area contributed by atoms with Crippen LogP contribution in [0.15, 0.2) is 30.3 Å². The third kappa shape index (κ3) is 4.83. The standard InChI is InChI=1S/C19H28N2O2/c1-4-16-14-21(15(2)22)13-11-18(16)20-12-7-9-17-8-5-6-10-19(17)23-3/h5-10,16,18,20H,4,11-14H2,1-3H3. The van der Waals surface area contributed by atoms with Crippen LogP contribution >= 0.6 is 0 Å². The van der Waals surface area contributed by atoms with Gasteiger partial charge < -0.3 is 15.0 Å². The second-order valence-corrected chi connectivity index (χ2v) is 6.08. The number of nitrogens with one attached hydrogen (secondary N) is 1. The molecule has 0 bridgehead atoms. The molecule has 2 atom stereocenters. The third-order valence-corrected chi connectivity index (χ3v) is 4.64. The highest BCUT2D eigenvalue weighted by Crippen LogP contribution is 2.21. The first-order valence-corrected chi connectivity index (χ1v) is 8.44. The lowest BCUT2D eigenvalue weighted by Crippen LogP contribution is -2.50. The number of carbonyl (C=O) groups is 1. The normalized spacial score (nSPS) is 21.6. The van der Waals surface area contributed by atoms with Crippen molar-refractivity contribution in [3.05, 3.63) is 35.9 Å². The molecule has 1 saturated heterocycles. The highest BCUT2D eigenvalue weighted by molar-refractivity contribution is 5.73. The average molecular weight is 316 g/mol. The minimum atomic E-state index is 0.193. The van der Waals surface area contributed by atoms with E-state index in [-0.39, 0.29) is 5.91 Å². The second kappa shape index (κ2) is 8.73. The van der Waals surface area contributed by atoms with Crippen molar-refractivity contribution in [3.63, 3.8) is 0 Å². The maximum atomic E-state index is 11.5. The number of benzene rings is 1. The van der Waals surface area contributed by atoms with Gasteiger partial charge in [-0.15, -0.1) is 0 Å². The zero-order valence-corrected chi connectivity index (χ0v) is 14.4. The number of nitrogens with zero attached hydrogens (tertiary/aromatic N) is 1. The molecule has 1 heterocycles. The van der Waals surface area contributed by atoms with Crippen molar-refractivity contribution in [2.75, 3.05) is 26.7 Å². The Morgan fingerprint density at radius 1 is 1.43 bits per heavy atom. The number of piperidine rings is 1. The molecule has 1 N–H and O–H groups in total. The van der Waals surface area contributed by atoms with Crippen LogP contribution in [0.2, 0.25) is 0 Å². The van der Waals surface area contributed by atoms with Crippen molar-refractivity contribution in [2.24, 2.45) is 5.92 Å². The van der Waals surface area contributed by atoms with Gasteiger partial charge in [-0.2, -0.15) is 0 Å². The molecule has 23 heavy (non-hydrogen) atoms. The van der Waals surface area contributed by atoms with Crippen LogP contribution in [0, 0.1) is 5.92 Å². The van der Waals surface area contributed by atoms with E-state index in [1.54, 1.807) is 14.0 Å². The summed E-state index contributed by atoms with van der Waals surface area (Å²) >= 11 is 0. The van der Waals surface area contributed by atoms with Crippen molar-refractivity contribution in [1.29, 1.82) is 0 Å². The van der Waals surface area contributed by atoms with Gasteiger partial charge in [-0.05, 0) is 18.4 Å². The van der Waals surface area contributed by atoms with Gasteiger partial charge in [-0.1, -0.05) is 43.7 Å². The number of methoxy groups -OCH3 is 1. The molecule has 126 valence electrons. The molecule has 1 aromatic rings. The summed E-state index contributed by atoms with van der Waals surface area (Å²) in [7, 11) is 1.69. The molecule has 2 unspecified atom stereocenters. The molecule has 4 nitrogen and oxygen atoms in total. The summed E-state index contributed by atoms with van der Waals surface area (Å²) in [6.45, 7) is 6.43. The molecule has 1 aromatic carbocycles. The second-order valence-electron chi connectivity index (χ2n) is 6.08. The van der Waals surface area contributed by atoms with Crippen molar-refractivity contribution >= 4 is 12.0 Å². The van der Waals surface area contributed by atoms with Gasteiger partial charge >= 0.3 is 0 Å².